The lowest BCUT2D eigenvalue weighted by atomic mass is 9.95. The van der Waals surface area contributed by atoms with Gasteiger partial charge in [-0.1, -0.05) is 54.6 Å². The van der Waals surface area contributed by atoms with Crippen LogP contribution in [0.5, 0.6) is 0 Å². The fourth-order valence-corrected chi connectivity index (χ4v) is 3.88. The lowest BCUT2D eigenvalue weighted by molar-refractivity contribution is -0.126. The van der Waals surface area contributed by atoms with E-state index in [-0.39, 0.29) is 11.8 Å². The van der Waals surface area contributed by atoms with Crippen molar-refractivity contribution in [3.05, 3.63) is 90.0 Å². The highest BCUT2D eigenvalue weighted by Crippen LogP contribution is 2.19. The van der Waals surface area contributed by atoms with E-state index in [1.54, 1.807) is 6.20 Å². The second-order valence-corrected chi connectivity index (χ2v) is 7.81. The van der Waals surface area contributed by atoms with Crippen LogP contribution in [0.15, 0.2) is 73.3 Å². The maximum Gasteiger partial charge on any atom is 0.223 e. The summed E-state index contributed by atoms with van der Waals surface area (Å²) in [6.07, 6.45) is 7.43. The van der Waals surface area contributed by atoms with Gasteiger partial charge < -0.3 is 9.88 Å². The molecule has 150 valence electrons. The molecule has 1 saturated heterocycles. The third-order valence-corrected chi connectivity index (χ3v) is 5.62. The van der Waals surface area contributed by atoms with E-state index in [0.29, 0.717) is 6.54 Å². The van der Waals surface area contributed by atoms with E-state index in [0.717, 1.165) is 44.6 Å². The number of likely N-dealkylation sites (tertiary alicyclic amines) is 1. The first-order valence-electron chi connectivity index (χ1n) is 10.3. The van der Waals surface area contributed by atoms with Gasteiger partial charge in [0.2, 0.25) is 5.91 Å². The van der Waals surface area contributed by atoms with Crippen molar-refractivity contribution in [1.29, 1.82) is 0 Å². The zero-order valence-corrected chi connectivity index (χ0v) is 16.7. The number of amides is 1. The summed E-state index contributed by atoms with van der Waals surface area (Å²) in [6, 6.07) is 19.0. The molecule has 1 aromatic heterocycles. The molecule has 3 aromatic rings. The third kappa shape index (κ3) is 5.55. The van der Waals surface area contributed by atoms with E-state index in [4.69, 9.17) is 0 Å². The van der Waals surface area contributed by atoms with E-state index in [1.165, 1.54) is 11.1 Å². The molecule has 2 aromatic carbocycles. The predicted molar refractivity (Wildman–Crippen MR) is 114 cm³/mol. The van der Waals surface area contributed by atoms with Crippen LogP contribution in [0.25, 0.3) is 0 Å². The number of aromatic nitrogens is 2. The first-order chi connectivity index (χ1) is 14.3. The highest BCUT2D eigenvalue weighted by Gasteiger charge is 2.24. The molecule has 5 heteroatoms. The van der Waals surface area contributed by atoms with Gasteiger partial charge in [0, 0.05) is 37.9 Å². The smallest absolute Gasteiger partial charge is 0.223 e. The molecule has 1 N–H and O–H groups in total. The van der Waals surface area contributed by atoms with E-state index in [2.05, 4.69) is 63.7 Å². The van der Waals surface area contributed by atoms with Gasteiger partial charge >= 0.3 is 0 Å². The Labute approximate surface area is 172 Å². The van der Waals surface area contributed by atoms with Gasteiger partial charge in [-0.15, -0.1) is 0 Å². The molecule has 4 rings (SSSR count). The van der Waals surface area contributed by atoms with E-state index in [9.17, 15) is 4.79 Å². The summed E-state index contributed by atoms with van der Waals surface area (Å²) in [5.41, 5.74) is 3.70. The maximum absolute atomic E-state index is 12.6. The van der Waals surface area contributed by atoms with Crippen LogP contribution in [0, 0.1) is 5.92 Å². The van der Waals surface area contributed by atoms with E-state index < -0.39 is 0 Å². The summed E-state index contributed by atoms with van der Waals surface area (Å²) in [6.45, 7) is 4.34. The second kappa shape index (κ2) is 9.52. The third-order valence-electron chi connectivity index (χ3n) is 5.62. The number of hydrogen-bond acceptors (Lipinski definition) is 3. The second-order valence-electron chi connectivity index (χ2n) is 7.81. The Morgan fingerprint density at radius 2 is 1.62 bits per heavy atom. The van der Waals surface area contributed by atoms with Gasteiger partial charge in [0.1, 0.15) is 0 Å². The van der Waals surface area contributed by atoms with Crippen LogP contribution in [-0.2, 0) is 24.4 Å². The highest BCUT2D eigenvalue weighted by atomic mass is 16.1. The number of rotatable bonds is 7. The van der Waals surface area contributed by atoms with Crippen LogP contribution < -0.4 is 5.32 Å². The number of imidazole rings is 1. The molecule has 1 aliphatic rings. The molecular formula is C24H28N4O. The van der Waals surface area contributed by atoms with Gasteiger partial charge in [-0.2, -0.15) is 0 Å². The van der Waals surface area contributed by atoms with Crippen LogP contribution in [0.1, 0.15) is 29.5 Å². The molecule has 1 amide bonds. The van der Waals surface area contributed by atoms with Crippen LogP contribution in [0.2, 0.25) is 0 Å². The van der Waals surface area contributed by atoms with Crippen molar-refractivity contribution in [2.45, 2.75) is 32.5 Å². The Balaban J connectivity index is 1.20. The number of piperidine rings is 1. The summed E-state index contributed by atoms with van der Waals surface area (Å²) in [7, 11) is 0. The fourth-order valence-electron chi connectivity index (χ4n) is 3.88. The number of benzene rings is 2. The van der Waals surface area contributed by atoms with Crippen LogP contribution in [-0.4, -0.2) is 33.4 Å². The molecule has 0 bridgehead atoms. The molecule has 0 saturated carbocycles. The number of nitrogens with zero attached hydrogens (tertiary/aromatic N) is 3. The molecule has 5 nitrogen and oxygen atoms in total. The predicted octanol–water partition coefficient (Wildman–Crippen LogP) is 3.46. The van der Waals surface area contributed by atoms with E-state index >= 15 is 0 Å². The number of hydrogen-bond donors (Lipinski definition) is 1. The zero-order valence-electron chi connectivity index (χ0n) is 16.7. The zero-order chi connectivity index (χ0) is 19.9. The molecule has 0 unspecified atom stereocenters. The molecule has 0 aliphatic carbocycles. The standard InChI is InChI=1S/C24H28N4O/c29-24(23-10-13-27(14-11-23)17-21-4-2-1-3-5-21)26-16-20-6-8-22(9-7-20)18-28-15-12-25-19-28/h1-9,12,15,19,23H,10-11,13-14,16-18H2,(H,26,29). The summed E-state index contributed by atoms with van der Waals surface area (Å²) < 4.78 is 2.04. The van der Waals surface area contributed by atoms with Gasteiger partial charge in [-0.05, 0) is 42.6 Å². The van der Waals surface area contributed by atoms with Gasteiger partial charge in [0.15, 0.2) is 0 Å². The van der Waals surface area contributed by atoms with Gasteiger partial charge in [-0.25, -0.2) is 4.98 Å². The monoisotopic (exact) mass is 388 g/mol. The van der Waals surface area contributed by atoms with Crippen molar-refractivity contribution in [3.63, 3.8) is 0 Å². The van der Waals surface area contributed by atoms with Crippen molar-refractivity contribution < 1.29 is 4.79 Å². The Kier molecular flexibility index (Phi) is 6.37. The lowest BCUT2D eigenvalue weighted by Crippen LogP contribution is -2.40. The summed E-state index contributed by atoms with van der Waals surface area (Å²) >= 11 is 0. The Bertz CT molecular complexity index is 882. The maximum atomic E-state index is 12.6. The van der Waals surface area contributed by atoms with Crippen molar-refractivity contribution in [2.24, 2.45) is 5.92 Å². The largest absolute Gasteiger partial charge is 0.352 e. The van der Waals surface area contributed by atoms with Gasteiger partial charge in [0.05, 0.1) is 6.33 Å². The molecule has 29 heavy (non-hydrogen) atoms. The van der Waals surface area contributed by atoms with Crippen LogP contribution >= 0.6 is 0 Å². The molecular weight excluding hydrogens is 360 g/mol. The average molecular weight is 389 g/mol. The summed E-state index contributed by atoms with van der Waals surface area (Å²) in [4.78, 5) is 19.1. The van der Waals surface area contributed by atoms with E-state index in [1.807, 2.05) is 23.2 Å². The quantitative estimate of drug-likeness (QED) is 0.674. The first-order valence-corrected chi connectivity index (χ1v) is 10.3. The topological polar surface area (TPSA) is 50.2 Å². The van der Waals surface area contributed by atoms with Crippen LogP contribution in [0.4, 0.5) is 0 Å². The summed E-state index contributed by atoms with van der Waals surface area (Å²) in [5.74, 6) is 0.314. The normalized spacial score (nSPS) is 15.3. The van der Waals surface area contributed by atoms with Gasteiger partial charge in [0.25, 0.3) is 0 Å². The molecule has 1 aliphatic heterocycles. The SMILES string of the molecule is O=C(NCc1ccc(Cn2ccnc2)cc1)C1CCN(Cc2ccccc2)CC1. The molecule has 0 spiro atoms. The Morgan fingerprint density at radius 3 is 2.31 bits per heavy atom. The minimum Gasteiger partial charge on any atom is -0.352 e. The number of carbonyl (C=O) groups is 1. The van der Waals surface area contributed by atoms with Crippen LogP contribution in [0.3, 0.4) is 0 Å². The summed E-state index contributed by atoms with van der Waals surface area (Å²) in [5, 5.41) is 3.13. The Morgan fingerprint density at radius 1 is 0.931 bits per heavy atom. The minimum absolute atomic E-state index is 0.127. The van der Waals surface area contributed by atoms with Crippen molar-refractivity contribution in [3.8, 4) is 0 Å². The minimum atomic E-state index is 0.127. The number of nitrogens with one attached hydrogen (secondary N) is 1. The van der Waals surface area contributed by atoms with Crippen molar-refractivity contribution in [2.75, 3.05) is 13.1 Å². The Hall–Kier alpha value is -2.92. The molecule has 2 heterocycles. The number of carbonyl (C=O) groups excluding carboxylic acids is 1. The molecule has 0 radical (unpaired) electrons. The lowest BCUT2D eigenvalue weighted by Gasteiger charge is -2.31. The molecule has 0 atom stereocenters. The van der Waals surface area contributed by atoms with Crippen molar-refractivity contribution in [1.82, 2.24) is 19.8 Å². The molecule has 1 fully saturated rings. The van der Waals surface area contributed by atoms with Gasteiger partial charge in [-0.3, -0.25) is 9.69 Å². The van der Waals surface area contributed by atoms with Crippen molar-refractivity contribution >= 4 is 5.91 Å². The highest BCUT2D eigenvalue weighted by molar-refractivity contribution is 5.78. The fraction of sp³-hybridized carbons (Fsp3) is 0.333. The first kappa shape index (κ1) is 19.4. The average Bonchev–Trinajstić information content (AvgIpc) is 3.27.